The van der Waals surface area contributed by atoms with E-state index in [9.17, 15) is 14.7 Å². The molecule has 0 unspecified atom stereocenters. The lowest BCUT2D eigenvalue weighted by Crippen LogP contribution is -2.28. The Labute approximate surface area is 149 Å². The van der Waals surface area contributed by atoms with Crippen LogP contribution in [0, 0.1) is 0 Å². The molecule has 0 saturated heterocycles. The molecule has 1 aliphatic rings. The number of hydrogen-bond donors (Lipinski definition) is 2. The van der Waals surface area contributed by atoms with Crippen LogP contribution in [0.15, 0.2) is 36.4 Å². The predicted octanol–water partition coefficient (Wildman–Crippen LogP) is 1.82. The van der Waals surface area contributed by atoms with Crippen molar-refractivity contribution in [1.82, 2.24) is 5.32 Å². The van der Waals surface area contributed by atoms with Crippen molar-refractivity contribution in [2.24, 2.45) is 0 Å². The summed E-state index contributed by atoms with van der Waals surface area (Å²) in [5, 5.41) is 11.9. The van der Waals surface area contributed by atoms with Crippen molar-refractivity contribution < 1.29 is 33.6 Å². The fraction of sp³-hybridized carbons (Fsp3) is 0.222. The summed E-state index contributed by atoms with van der Waals surface area (Å²) in [5.74, 6) is 0.245. The van der Waals surface area contributed by atoms with Crippen LogP contribution in [-0.4, -0.2) is 37.5 Å². The second kappa shape index (κ2) is 7.64. The van der Waals surface area contributed by atoms with Gasteiger partial charge in [-0.3, -0.25) is 4.79 Å². The van der Waals surface area contributed by atoms with Crippen LogP contribution < -0.4 is 24.3 Å². The van der Waals surface area contributed by atoms with Crippen molar-refractivity contribution in [2.75, 3.05) is 20.5 Å². The fourth-order valence-corrected chi connectivity index (χ4v) is 2.37. The number of benzene rings is 2. The third-order valence-corrected chi connectivity index (χ3v) is 3.70. The van der Waals surface area contributed by atoms with Crippen LogP contribution >= 0.6 is 0 Å². The lowest BCUT2D eigenvalue weighted by Gasteiger charge is -2.11. The van der Waals surface area contributed by atoms with Gasteiger partial charge in [-0.05, 0) is 35.9 Å². The number of nitrogens with one attached hydrogen (secondary N) is 1. The Hall–Kier alpha value is -3.42. The van der Waals surface area contributed by atoms with Crippen molar-refractivity contribution in [2.45, 2.75) is 6.54 Å². The van der Waals surface area contributed by atoms with E-state index < -0.39 is 5.97 Å². The SMILES string of the molecule is COc1ccc(OCC(=O)NCc2ccc3c(c2)OCO3)c(C(=O)O)c1. The van der Waals surface area contributed by atoms with Gasteiger partial charge in [0.1, 0.15) is 17.1 Å². The molecule has 2 N–H and O–H groups in total. The summed E-state index contributed by atoms with van der Waals surface area (Å²) in [6, 6.07) is 9.73. The predicted molar refractivity (Wildman–Crippen MR) is 89.9 cm³/mol. The molecular formula is C18H17NO7. The highest BCUT2D eigenvalue weighted by molar-refractivity contribution is 5.91. The minimum Gasteiger partial charge on any atom is -0.497 e. The average molecular weight is 359 g/mol. The minimum absolute atomic E-state index is 0.0760. The fourth-order valence-electron chi connectivity index (χ4n) is 2.37. The van der Waals surface area contributed by atoms with Gasteiger partial charge in [0.05, 0.1) is 7.11 Å². The van der Waals surface area contributed by atoms with E-state index in [-0.39, 0.29) is 37.2 Å². The molecule has 1 heterocycles. The maximum atomic E-state index is 12.0. The number of carboxylic acids is 1. The summed E-state index contributed by atoms with van der Waals surface area (Å²) in [4.78, 5) is 23.2. The summed E-state index contributed by atoms with van der Waals surface area (Å²) >= 11 is 0. The van der Waals surface area contributed by atoms with Crippen LogP contribution in [0.2, 0.25) is 0 Å². The molecule has 2 aromatic rings. The van der Waals surface area contributed by atoms with Crippen LogP contribution in [0.1, 0.15) is 15.9 Å². The number of methoxy groups -OCH3 is 1. The van der Waals surface area contributed by atoms with Gasteiger partial charge in [-0.2, -0.15) is 0 Å². The molecule has 0 bridgehead atoms. The molecule has 0 aliphatic carbocycles. The Bertz CT molecular complexity index is 834. The second-order valence-electron chi connectivity index (χ2n) is 5.42. The highest BCUT2D eigenvalue weighted by Crippen LogP contribution is 2.32. The third kappa shape index (κ3) is 3.97. The standard InChI is InChI=1S/C18H17NO7/c1-23-12-3-5-14(13(7-12)18(21)22)24-9-17(20)19-8-11-2-4-15-16(6-11)26-10-25-15/h2-7H,8-10H2,1H3,(H,19,20)(H,21,22). The maximum Gasteiger partial charge on any atom is 0.339 e. The van der Waals surface area contributed by atoms with E-state index in [2.05, 4.69) is 5.32 Å². The number of hydrogen-bond acceptors (Lipinski definition) is 6. The van der Waals surface area contributed by atoms with Gasteiger partial charge in [-0.1, -0.05) is 6.07 Å². The molecular weight excluding hydrogens is 342 g/mol. The number of carbonyl (C=O) groups is 2. The van der Waals surface area contributed by atoms with Gasteiger partial charge < -0.3 is 29.4 Å². The van der Waals surface area contributed by atoms with Gasteiger partial charge in [0.15, 0.2) is 18.1 Å². The molecule has 8 heteroatoms. The van der Waals surface area contributed by atoms with E-state index in [4.69, 9.17) is 18.9 Å². The van der Waals surface area contributed by atoms with E-state index in [1.165, 1.54) is 19.2 Å². The highest BCUT2D eigenvalue weighted by atomic mass is 16.7. The first-order valence-electron chi connectivity index (χ1n) is 7.76. The molecule has 0 radical (unpaired) electrons. The van der Waals surface area contributed by atoms with Crippen LogP contribution in [0.25, 0.3) is 0 Å². The van der Waals surface area contributed by atoms with Gasteiger partial charge >= 0.3 is 5.97 Å². The molecule has 1 amide bonds. The first-order valence-corrected chi connectivity index (χ1v) is 7.76. The van der Waals surface area contributed by atoms with Crippen molar-refractivity contribution in [3.8, 4) is 23.0 Å². The zero-order chi connectivity index (χ0) is 18.5. The minimum atomic E-state index is -1.17. The molecule has 0 atom stereocenters. The molecule has 2 aromatic carbocycles. The third-order valence-electron chi connectivity index (χ3n) is 3.70. The van der Waals surface area contributed by atoms with Crippen LogP contribution in [-0.2, 0) is 11.3 Å². The first-order chi connectivity index (χ1) is 12.6. The van der Waals surface area contributed by atoms with E-state index in [1.807, 2.05) is 6.07 Å². The number of amides is 1. The van der Waals surface area contributed by atoms with Gasteiger partial charge in [0, 0.05) is 6.54 Å². The molecule has 0 aromatic heterocycles. The summed E-state index contributed by atoms with van der Waals surface area (Å²) in [7, 11) is 1.44. The number of rotatable bonds is 7. The number of carboxylic acid groups (broad SMARTS) is 1. The molecule has 136 valence electrons. The van der Waals surface area contributed by atoms with E-state index in [0.29, 0.717) is 17.2 Å². The van der Waals surface area contributed by atoms with Gasteiger partial charge in [-0.25, -0.2) is 4.79 Å². The van der Waals surface area contributed by atoms with Crippen molar-refractivity contribution >= 4 is 11.9 Å². The lowest BCUT2D eigenvalue weighted by atomic mass is 10.2. The zero-order valence-corrected chi connectivity index (χ0v) is 14.0. The molecule has 3 rings (SSSR count). The summed E-state index contributed by atoms with van der Waals surface area (Å²) in [5.41, 5.74) is 0.770. The number of aromatic carboxylic acids is 1. The highest BCUT2D eigenvalue weighted by Gasteiger charge is 2.15. The van der Waals surface area contributed by atoms with Crippen LogP contribution in [0.3, 0.4) is 0 Å². The van der Waals surface area contributed by atoms with Gasteiger partial charge in [0.2, 0.25) is 6.79 Å². The smallest absolute Gasteiger partial charge is 0.339 e. The molecule has 0 saturated carbocycles. The maximum absolute atomic E-state index is 12.0. The largest absolute Gasteiger partial charge is 0.497 e. The van der Waals surface area contributed by atoms with Crippen LogP contribution in [0.5, 0.6) is 23.0 Å². The van der Waals surface area contributed by atoms with E-state index in [0.717, 1.165) is 5.56 Å². The topological polar surface area (TPSA) is 103 Å². The summed E-state index contributed by atoms with van der Waals surface area (Å²) < 4.78 is 20.8. The Balaban J connectivity index is 1.55. The van der Waals surface area contributed by atoms with Crippen molar-refractivity contribution in [1.29, 1.82) is 0 Å². The Morgan fingerprint density at radius 1 is 1.15 bits per heavy atom. The molecule has 8 nitrogen and oxygen atoms in total. The summed E-state index contributed by atoms with van der Waals surface area (Å²) in [6.07, 6.45) is 0. The second-order valence-corrected chi connectivity index (χ2v) is 5.42. The molecule has 0 spiro atoms. The number of carbonyl (C=O) groups excluding carboxylic acids is 1. The summed E-state index contributed by atoms with van der Waals surface area (Å²) in [6.45, 7) is 0.164. The molecule has 0 fully saturated rings. The molecule has 26 heavy (non-hydrogen) atoms. The lowest BCUT2D eigenvalue weighted by molar-refractivity contribution is -0.123. The number of ether oxygens (including phenoxy) is 4. The normalized spacial score (nSPS) is 11.7. The van der Waals surface area contributed by atoms with Gasteiger partial charge in [-0.15, -0.1) is 0 Å². The Kier molecular flexibility index (Phi) is 5.12. The van der Waals surface area contributed by atoms with Crippen LogP contribution in [0.4, 0.5) is 0 Å². The average Bonchev–Trinajstić information content (AvgIpc) is 3.12. The number of fused-ring (bicyclic) bond motifs is 1. The zero-order valence-electron chi connectivity index (χ0n) is 14.0. The molecule has 1 aliphatic heterocycles. The van der Waals surface area contributed by atoms with Crippen molar-refractivity contribution in [3.05, 3.63) is 47.5 Å². The quantitative estimate of drug-likeness (QED) is 0.777. The van der Waals surface area contributed by atoms with E-state index in [1.54, 1.807) is 18.2 Å². The Morgan fingerprint density at radius 2 is 1.96 bits per heavy atom. The van der Waals surface area contributed by atoms with Gasteiger partial charge in [0.25, 0.3) is 5.91 Å². The Morgan fingerprint density at radius 3 is 2.73 bits per heavy atom. The van der Waals surface area contributed by atoms with Crippen molar-refractivity contribution in [3.63, 3.8) is 0 Å². The first kappa shape index (κ1) is 17.4. The monoisotopic (exact) mass is 359 g/mol. The van der Waals surface area contributed by atoms with E-state index >= 15 is 0 Å².